The van der Waals surface area contributed by atoms with E-state index >= 15 is 0 Å². The summed E-state index contributed by atoms with van der Waals surface area (Å²) in [4.78, 5) is 17.8. The molecule has 2 heterocycles. The van der Waals surface area contributed by atoms with Crippen LogP contribution in [0.4, 0.5) is 11.4 Å². The molecular formula is C26H32N2O. The normalized spacial score (nSPS) is 25.8. The second kappa shape index (κ2) is 7.51. The van der Waals surface area contributed by atoms with Crippen LogP contribution in [0.5, 0.6) is 0 Å². The van der Waals surface area contributed by atoms with Gasteiger partial charge in [-0.2, -0.15) is 0 Å². The van der Waals surface area contributed by atoms with Gasteiger partial charge in [0.05, 0.1) is 0 Å². The third kappa shape index (κ3) is 3.35. The van der Waals surface area contributed by atoms with Gasteiger partial charge in [0.15, 0.2) is 0 Å². The van der Waals surface area contributed by atoms with Gasteiger partial charge < -0.3 is 9.80 Å². The summed E-state index contributed by atoms with van der Waals surface area (Å²) in [6.07, 6.45) is 6.75. The van der Waals surface area contributed by atoms with E-state index in [4.69, 9.17) is 0 Å². The Balaban J connectivity index is 1.33. The van der Waals surface area contributed by atoms with Crippen molar-refractivity contribution in [2.75, 3.05) is 24.5 Å². The summed E-state index contributed by atoms with van der Waals surface area (Å²) in [5.41, 5.74) is 4.26. The summed E-state index contributed by atoms with van der Waals surface area (Å²) < 4.78 is 0. The maximum absolute atomic E-state index is 13.1. The quantitative estimate of drug-likeness (QED) is 0.676. The Bertz CT molecular complexity index is 861. The minimum absolute atomic E-state index is 0.171. The number of fused-ring (bicyclic) bond motifs is 2. The third-order valence-electron chi connectivity index (χ3n) is 7.69. The lowest BCUT2D eigenvalue weighted by molar-refractivity contribution is -0.138. The van der Waals surface area contributed by atoms with Gasteiger partial charge in [-0.05, 0) is 68.2 Å². The van der Waals surface area contributed by atoms with Gasteiger partial charge in [0.2, 0.25) is 5.91 Å². The average molecular weight is 389 g/mol. The molecule has 152 valence electrons. The number of rotatable bonds is 2. The van der Waals surface area contributed by atoms with Crippen LogP contribution in [0.3, 0.4) is 0 Å². The molecule has 29 heavy (non-hydrogen) atoms. The Morgan fingerprint density at radius 1 is 0.897 bits per heavy atom. The molecule has 1 saturated carbocycles. The Hall–Kier alpha value is -2.29. The molecule has 1 saturated heterocycles. The second-order valence-corrected chi connectivity index (χ2v) is 9.50. The highest BCUT2D eigenvalue weighted by molar-refractivity contribution is 5.79. The van der Waals surface area contributed by atoms with Gasteiger partial charge in [-0.1, -0.05) is 43.3 Å². The fraction of sp³-hybridized carbons (Fsp3) is 0.500. The van der Waals surface area contributed by atoms with Crippen molar-refractivity contribution in [3.05, 3.63) is 60.2 Å². The molecule has 2 aromatic rings. The van der Waals surface area contributed by atoms with Gasteiger partial charge in [0.25, 0.3) is 0 Å². The van der Waals surface area contributed by atoms with Crippen LogP contribution < -0.4 is 4.90 Å². The van der Waals surface area contributed by atoms with E-state index in [1.165, 1.54) is 29.8 Å². The summed E-state index contributed by atoms with van der Waals surface area (Å²) in [5.74, 6) is 1.50. The number of hydrogen-bond donors (Lipinski definition) is 0. The first-order valence-corrected chi connectivity index (χ1v) is 11.4. The summed E-state index contributed by atoms with van der Waals surface area (Å²) >= 11 is 0. The number of para-hydroxylation sites is 2. The van der Waals surface area contributed by atoms with E-state index in [9.17, 15) is 4.79 Å². The predicted molar refractivity (Wildman–Crippen MR) is 119 cm³/mol. The third-order valence-corrected chi connectivity index (χ3v) is 7.69. The van der Waals surface area contributed by atoms with E-state index in [-0.39, 0.29) is 11.3 Å². The molecule has 0 unspecified atom stereocenters. The number of carbonyl (C=O) groups excluding carboxylic acids is 1. The van der Waals surface area contributed by atoms with Crippen LogP contribution in [0.25, 0.3) is 0 Å². The summed E-state index contributed by atoms with van der Waals surface area (Å²) in [6, 6.07) is 19.6. The molecule has 3 aliphatic rings. The molecule has 2 aliphatic heterocycles. The van der Waals surface area contributed by atoms with Crippen LogP contribution in [0.1, 0.15) is 51.0 Å². The first-order chi connectivity index (χ1) is 14.2. The van der Waals surface area contributed by atoms with Crippen molar-refractivity contribution in [1.82, 2.24) is 4.90 Å². The first-order valence-electron chi connectivity index (χ1n) is 11.4. The Morgan fingerprint density at radius 3 is 2.28 bits per heavy atom. The number of nitrogens with zero attached hydrogens (tertiary/aromatic N) is 2. The molecule has 1 amide bonds. The summed E-state index contributed by atoms with van der Waals surface area (Å²) in [5, 5.41) is 0. The number of amides is 1. The Morgan fingerprint density at radius 2 is 1.55 bits per heavy atom. The van der Waals surface area contributed by atoms with E-state index in [0.717, 1.165) is 51.2 Å². The number of benzene rings is 2. The topological polar surface area (TPSA) is 23.6 Å². The average Bonchev–Trinajstić information content (AvgIpc) is 3.09. The van der Waals surface area contributed by atoms with Crippen LogP contribution in [0.15, 0.2) is 54.6 Å². The van der Waals surface area contributed by atoms with Gasteiger partial charge in [-0.3, -0.25) is 4.79 Å². The van der Waals surface area contributed by atoms with Crippen LogP contribution in [-0.2, 0) is 10.2 Å². The smallest absolute Gasteiger partial charge is 0.225 e. The van der Waals surface area contributed by atoms with Crippen LogP contribution >= 0.6 is 0 Å². The molecular weight excluding hydrogens is 356 g/mol. The molecule has 3 nitrogen and oxygen atoms in total. The monoisotopic (exact) mass is 388 g/mol. The van der Waals surface area contributed by atoms with Crippen molar-refractivity contribution in [3.8, 4) is 0 Å². The lowest BCUT2D eigenvalue weighted by atomic mass is 9.74. The molecule has 2 aromatic carbocycles. The van der Waals surface area contributed by atoms with E-state index in [0.29, 0.717) is 5.91 Å². The standard InChI is InChI=1S/C26H32N2O/c1-20-11-13-21(14-12-20)25(29)27-17-15-26(16-18-27)19-28(22-7-3-2-4-8-22)24-10-6-5-9-23(24)26/h2-10,20-21H,11-19H2,1H3. The maximum Gasteiger partial charge on any atom is 0.225 e. The zero-order chi connectivity index (χ0) is 19.8. The first kappa shape index (κ1) is 18.7. The number of hydrogen-bond acceptors (Lipinski definition) is 2. The van der Waals surface area contributed by atoms with Crippen molar-refractivity contribution in [1.29, 1.82) is 0 Å². The molecule has 0 atom stereocenters. The molecule has 0 bridgehead atoms. The molecule has 1 spiro atoms. The molecule has 5 rings (SSSR count). The van der Waals surface area contributed by atoms with Crippen LogP contribution in [-0.4, -0.2) is 30.4 Å². The summed E-state index contributed by atoms with van der Waals surface area (Å²) in [7, 11) is 0. The number of likely N-dealkylation sites (tertiary alicyclic amines) is 1. The van der Waals surface area contributed by atoms with Gasteiger partial charge in [-0.25, -0.2) is 0 Å². The largest absolute Gasteiger partial charge is 0.342 e. The zero-order valence-corrected chi connectivity index (χ0v) is 17.5. The summed E-state index contributed by atoms with van der Waals surface area (Å²) in [6.45, 7) is 5.16. The SMILES string of the molecule is CC1CCC(C(=O)N2CCC3(CC2)CN(c2ccccc2)c2ccccc23)CC1. The van der Waals surface area contributed by atoms with Crippen molar-refractivity contribution >= 4 is 17.3 Å². The highest BCUT2D eigenvalue weighted by atomic mass is 16.2. The Kier molecular flexibility index (Phi) is 4.85. The van der Waals surface area contributed by atoms with Crippen molar-refractivity contribution in [2.24, 2.45) is 11.8 Å². The van der Waals surface area contributed by atoms with Gasteiger partial charge >= 0.3 is 0 Å². The van der Waals surface area contributed by atoms with Gasteiger partial charge in [0, 0.05) is 42.3 Å². The molecule has 3 heteroatoms. The highest BCUT2D eigenvalue weighted by Gasteiger charge is 2.46. The minimum Gasteiger partial charge on any atom is -0.342 e. The fourth-order valence-corrected chi connectivity index (χ4v) is 5.82. The fourth-order valence-electron chi connectivity index (χ4n) is 5.82. The maximum atomic E-state index is 13.1. The molecule has 0 radical (unpaired) electrons. The van der Waals surface area contributed by atoms with E-state index in [1.807, 2.05) is 0 Å². The second-order valence-electron chi connectivity index (χ2n) is 9.50. The number of anilines is 2. The van der Waals surface area contributed by atoms with Gasteiger partial charge in [-0.15, -0.1) is 0 Å². The van der Waals surface area contributed by atoms with Crippen LogP contribution in [0, 0.1) is 11.8 Å². The zero-order valence-electron chi connectivity index (χ0n) is 17.5. The highest BCUT2D eigenvalue weighted by Crippen LogP contribution is 2.49. The Labute approximate surface area is 174 Å². The van der Waals surface area contributed by atoms with E-state index < -0.39 is 0 Å². The van der Waals surface area contributed by atoms with Crippen molar-refractivity contribution in [3.63, 3.8) is 0 Å². The molecule has 1 aliphatic carbocycles. The molecule has 0 aromatic heterocycles. The number of carbonyl (C=O) groups is 1. The van der Waals surface area contributed by atoms with Crippen LogP contribution in [0.2, 0.25) is 0 Å². The lowest BCUT2D eigenvalue weighted by Gasteiger charge is -2.41. The minimum atomic E-state index is 0.171. The van der Waals surface area contributed by atoms with E-state index in [2.05, 4.69) is 71.3 Å². The lowest BCUT2D eigenvalue weighted by Crippen LogP contribution is -2.48. The van der Waals surface area contributed by atoms with Crippen molar-refractivity contribution < 1.29 is 4.79 Å². The molecule has 0 N–H and O–H groups in total. The van der Waals surface area contributed by atoms with E-state index in [1.54, 1.807) is 0 Å². The predicted octanol–water partition coefficient (Wildman–Crippen LogP) is 5.52. The number of piperidine rings is 1. The molecule has 2 fully saturated rings. The van der Waals surface area contributed by atoms with Crippen molar-refractivity contribution in [2.45, 2.75) is 50.9 Å². The van der Waals surface area contributed by atoms with Gasteiger partial charge in [0.1, 0.15) is 0 Å².